The van der Waals surface area contributed by atoms with Crippen LogP contribution in [0.1, 0.15) is 33.6 Å². The molecule has 86 valence electrons. The van der Waals surface area contributed by atoms with Gasteiger partial charge in [0.05, 0.1) is 12.1 Å². The summed E-state index contributed by atoms with van der Waals surface area (Å²) in [5, 5.41) is 0. The van der Waals surface area contributed by atoms with Crippen molar-refractivity contribution in [1.82, 2.24) is 4.90 Å². The maximum Gasteiger partial charge on any atom is 0.0656 e. The summed E-state index contributed by atoms with van der Waals surface area (Å²) in [4.78, 5) is 2.33. The fraction of sp³-hybridized carbons (Fsp3) is 1.00. The average Bonchev–Trinajstić information content (AvgIpc) is 2.17. The van der Waals surface area contributed by atoms with E-state index in [1.807, 2.05) is 0 Å². The molecule has 0 rings (SSSR count). The first-order chi connectivity index (χ1) is 6.51. The lowest BCUT2D eigenvalue weighted by molar-refractivity contribution is 0.0197. The van der Waals surface area contributed by atoms with Crippen molar-refractivity contribution in [2.24, 2.45) is 5.73 Å². The monoisotopic (exact) mass is 202 g/mol. The minimum Gasteiger partial charge on any atom is -0.383 e. The molecule has 2 unspecified atom stereocenters. The summed E-state index contributed by atoms with van der Waals surface area (Å²) in [6.07, 6.45) is 2.41. The van der Waals surface area contributed by atoms with E-state index < -0.39 is 0 Å². The Balaban J connectivity index is 4.34. The van der Waals surface area contributed by atoms with Crippen LogP contribution >= 0.6 is 0 Å². The molecule has 0 spiro atoms. The molecule has 0 fully saturated rings. The van der Waals surface area contributed by atoms with Crippen molar-refractivity contribution in [3.8, 4) is 0 Å². The Morgan fingerprint density at radius 3 is 2.43 bits per heavy atom. The third-order valence-electron chi connectivity index (χ3n) is 3.11. The molecule has 0 bridgehead atoms. The molecule has 0 aromatic heterocycles. The van der Waals surface area contributed by atoms with Gasteiger partial charge in [-0.3, -0.25) is 4.90 Å². The smallest absolute Gasteiger partial charge is 0.0656 e. The molecular weight excluding hydrogens is 176 g/mol. The Kier molecular flexibility index (Phi) is 6.33. The van der Waals surface area contributed by atoms with Crippen LogP contribution in [-0.4, -0.2) is 43.8 Å². The summed E-state index contributed by atoms with van der Waals surface area (Å²) >= 11 is 0. The average molecular weight is 202 g/mol. The van der Waals surface area contributed by atoms with Crippen LogP contribution in [0.15, 0.2) is 0 Å². The van der Waals surface area contributed by atoms with Crippen LogP contribution in [0.4, 0.5) is 0 Å². The summed E-state index contributed by atoms with van der Waals surface area (Å²) in [5.74, 6) is 0. The summed E-state index contributed by atoms with van der Waals surface area (Å²) in [6.45, 7) is 7.93. The number of nitrogens with two attached hydrogens (primary N) is 1. The molecule has 0 aliphatic rings. The number of hydrogen-bond acceptors (Lipinski definition) is 3. The maximum absolute atomic E-state index is 5.81. The highest BCUT2D eigenvalue weighted by Gasteiger charge is 2.30. The minimum absolute atomic E-state index is 0.0384. The summed E-state index contributed by atoms with van der Waals surface area (Å²) < 4.78 is 5.23. The van der Waals surface area contributed by atoms with Crippen LogP contribution in [0.3, 0.4) is 0 Å². The summed E-state index contributed by atoms with van der Waals surface area (Å²) in [6, 6.07) is 0.559. The van der Waals surface area contributed by atoms with E-state index >= 15 is 0 Å². The molecule has 2 atom stereocenters. The highest BCUT2D eigenvalue weighted by atomic mass is 16.5. The number of rotatable bonds is 7. The zero-order chi connectivity index (χ0) is 11.2. The van der Waals surface area contributed by atoms with Crippen molar-refractivity contribution in [3.05, 3.63) is 0 Å². The molecule has 0 saturated carbocycles. The van der Waals surface area contributed by atoms with Crippen molar-refractivity contribution >= 4 is 0 Å². The van der Waals surface area contributed by atoms with Crippen molar-refractivity contribution in [3.63, 3.8) is 0 Å². The SMILES string of the molecule is CCCC(C)N(C)C(C)(CN)COC. The molecular formula is C11H26N2O. The Hall–Kier alpha value is -0.120. The van der Waals surface area contributed by atoms with Gasteiger partial charge in [-0.1, -0.05) is 13.3 Å². The van der Waals surface area contributed by atoms with Crippen molar-refractivity contribution in [2.75, 3.05) is 27.3 Å². The van der Waals surface area contributed by atoms with Gasteiger partial charge in [-0.15, -0.1) is 0 Å². The molecule has 0 amide bonds. The molecule has 0 aromatic rings. The predicted octanol–water partition coefficient (Wildman–Crippen LogP) is 1.47. The van der Waals surface area contributed by atoms with E-state index in [1.54, 1.807) is 7.11 Å². The van der Waals surface area contributed by atoms with Crippen molar-refractivity contribution in [1.29, 1.82) is 0 Å². The Labute approximate surface area is 88.6 Å². The normalized spacial score (nSPS) is 18.2. The fourth-order valence-corrected chi connectivity index (χ4v) is 1.76. The van der Waals surface area contributed by atoms with Gasteiger partial charge in [0.1, 0.15) is 0 Å². The van der Waals surface area contributed by atoms with E-state index in [0.29, 0.717) is 19.2 Å². The van der Waals surface area contributed by atoms with Gasteiger partial charge in [-0.25, -0.2) is 0 Å². The van der Waals surface area contributed by atoms with Crippen LogP contribution < -0.4 is 5.73 Å². The third-order valence-corrected chi connectivity index (χ3v) is 3.11. The van der Waals surface area contributed by atoms with E-state index in [1.165, 1.54) is 12.8 Å². The Bertz CT molecular complexity index is 152. The second-order valence-electron chi connectivity index (χ2n) is 4.38. The number of methoxy groups -OCH3 is 1. The quantitative estimate of drug-likeness (QED) is 0.679. The minimum atomic E-state index is -0.0384. The summed E-state index contributed by atoms with van der Waals surface area (Å²) in [5.41, 5.74) is 5.77. The Morgan fingerprint density at radius 1 is 1.50 bits per heavy atom. The van der Waals surface area contributed by atoms with Gasteiger partial charge in [0, 0.05) is 19.7 Å². The van der Waals surface area contributed by atoms with Gasteiger partial charge in [0.15, 0.2) is 0 Å². The van der Waals surface area contributed by atoms with Crippen molar-refractivity contribution < 1.29 is 4.74 Å². The molecule has 3 nitrogen and oxygen atoms in total. The van der Waals surface area contributed by atoms with Crippen molar-refractivity contribution in [2.45, 2.75) is 45.2 Å². The molecule has 0 aliphatic heterocycles. The summed E-state index contributed by atoms with van der Waals surface area (Å²) in [7, 11) is 3.86. The van der Waals surface area contributed by atoms with Gasteiger partial charge in [-0.05, 0) is 27.3 Å². The lowest BCUT2D eigenvalue weighted by Crippen LogP contribution is -2.56. The van der Waals surface area contributed by atoms with E-state index in [4.69, 9.17) is 10.5 Å². The zero-order valence-electron chi connectivity index (χ0n) is 10.3. The molecule has 0 radical (unpaired) electrons. The molecule has 0 aromatic carbocycles. The molecule has 3 heteroatoms. The van der Waals surface area contributed by atoms with Crippen LogP contribution in [0.2, 0.25) is 0 Å². The standard InChI is InChI=1S/C11H26N2O/c1-6-7-10(2)13(4)11(3,8-12)9-14-5/h10H,6-9,12H2,1-5H3. The maximum atomic E-state index is 5.81. The topological polar surface area (TPSA) is 38.5 Å². The number of ether oxygens (including phenoxy) is 1. The third kappa shape index (κ3) is 3.56. The highest BCUT2D eigenvalue weighted by Crippen LogP contribution is 2.17. The van der Waals surface area contributed by atoms with E-state index in [2.05, 4.69) is 32.7 Å². The number of hydrogen-bond donors (Lipinski definition) is 1. The largest absolute Gasteiger partial charge is 0.383 e. The van der Waals surface area contributed by atoms with Gasteiger partial charge in [0.25, 0.3) is 0 Å². The number of nitrogens with zero attached hydrogens (tertiary/aromatic N) is 1. The van der Waals surface area contributed by atoms with Gasteiger partial charge >= 0.3 is 0 Å². The van der Waals surface area contributed by atoms with E-state index in [0.717, 1.165) is 0 Å². The fourth-order valence-electron chi connectivity index (χ4n) is 1.76. The molecule has 2 N–H and O–H groups in total. The van der Waals surface area contributed by atoms with Crippen LogP contribution in [0, 0.1) is 0 Å². The second-order valence-corrected chi connectivity index (χ2v) is 4.38. The highest BCUT2D eigenvalue weighted by molar-refractivity contribution is 4.87. The molecule has 0 saturated heterocycles. The molecule has 0 heterocycles. The first-order valence-corrected chi connectivity index (χ1v) is 5.43. The first-order valence-electron chi connectivity index (χ1n) is 5.43. The first kappa shape index (κ1) is 13.9. The molecule has 14 heavy (non-hydrogen) atoms. The second kappa shape index (κ2) is 6.38. The Morgan fingerprint density at radius 2 is 2.07 bits per heavy atom. The van der Waals surface area contributed by atoms with Crippen LogP contribution in [0.5, 0.6) is 0 Å². The predicted molar refractivity (Wildman–Crippen MR) is 61.5 cm³/mol. The van der Waals surface area contributed by atoms with Gasteiger partial charge < -0.3 is 10.5 Å². The van der Waals surface area contributed by atoms with E-state index in [-0.39, 0.29) is 5.54 Å². The van der Waals surface area contributed by atoms with Gasteiger partial charge in [-0.2, -0.15) is 0 Å². The van der Waals surface area contributed by atoms with Crippen LogP contribution in [-0.2, 0) is 4.74 Å². The van der Waals surface area contributed by atoms with Crippen LogP contribution in [0.25, 0.3) is 0 Å². The molecule has 0 aliphatic carbocycles. The lowest BCUT2D eigenvalue weighted by Gasteiger charge is -2.41. The zero-order valence-corrected chi connectivity index (χ0v) is 10.3. The van der Waals surface area contributed by atoms with Gasteiger partial charge in [0.2, 0.25) is 0 Å². The number of likely N-dealkylation sites (N-methyl/N-ethyl adjacent to an activating group) is 1. The lowest BCUT2D eigenvalue weighted by atomic mass is 9.98. The van der Waals surface area contributed by atoms with E-state index in [9.17, 15) is 0 Å².